The van der Waals surface area contributed by atoms with Crippen LogP contribution in [-0.2, 0) is 6.54 Å². The molecule has 0 atom stereocenters. The van der Waals surface area contributed by atoms with Gasteiger partial charge in [-0.1, -0.05) is 12.1 Å². The van der Waals surface area contributed by atoms with Gasteiger partial charge in [0, 0.05) is 12.2 Å². The second kappa shape index (κ2) is 6.87. The Balaban J connectivity index is 1.43. The summed E-state index contributed by atoms with van der Waals surface area (Å²) in [7, 11) is 0. The largest absolute Gasteiger partial charge is 0.454 e. The quantitative estimate of drug-likeness (QED) is 0.729. The molecule has 0 spiro atoms. The lowest BCUT2D eigenvalue weighted by molar-refractivity contribution is 0.174. The first-order valence-electron chi connectivity index (χ1n) is 8.34. The highest BCUT2D eigenvalue weighted by Gasteiger charge is 2.13. The molecule has 26 heavy (non-hydrogen) atoms. The van der Waals surface area contributed by atoms with E-state index in [0.29, 0.717) is 18.3 Å². The Morgan fingerprint density at radius 2 is 1.88 bits per heavy atom. The summed E-state index contributed by atoms with van der Waals surface area (Å²) in [6.07, 6.45) is 1.60. The number of anilines is 3. The fourth-order valence-electron chi connectivity index (χ4n) is 2.64. The molecule has 4 rings (SSSR count). The molecular formula is C19H19N5O2. The molecule has 1 aliphatic heterocycles. The zero-order chi connectivity index (χ0) is 17.9. The number of nitrogens with zero attached hydrogens (tertiary/aromatic N) is 3. The van der Waals surface area contributed by atoms with Crippen LogP contribution in [0.3, 0.4) is 0 Å². The third-order valence-electron chi connectivity index (χ3n) is 4.23. The van der Waals surface area contributed by atoms with E-state index >= 15 is 0 Å². The van der Waals surface area contributed by atoms with E-state index in [1.165, 1.54) is 11.1 Å². The van der Waals surface area contributed by atoms with E-state index < -0.39 is 0 Å². The third-order valence-corrected chi connectivity index (χ3v) is 4.23. The van der Waals surface area contributed by atoms with Gasteiger partial charge in [0.15, 0.2) is 17.3 Å². The van der Waals surface area contributed by atoms with Gasteiger partial charge in [-0.15, -0.1) is 5.10 Å². The molecule has 3 aromatic rings. The number of aromatic nitrogens is 3. The van der Waals surface area contributed by atoms with E-state index in [-0.39, 0.29) is 6.79 Å². The van der Waals surface area contributed by atoms with Gasteiger partial charge in [-0.25, -0.2) is 0 Å². The fraction of sp³-hybridized carbons (Fsp3) is 0.211. The van der Waals surface area contributed by atoms with E-state index in [4.69, 9.17) is 9.47 Å². The van der Waals surface area contributed by atoms with Gasteiger partial charge < -0.3 is 20.1 Å². The molecule has 2 aromatic carbocycles. The molecule has 0 saturated carbocycles. The molecule has 0 fully saturated rings. The third kappa shape index (κ3) is 3.51. The highest BCUT2D eigenvalue weighted by Crippen LogP contribution is 2.32. The number of nitrogens with one attached hydrogen (secondary N) is 2. The fourth-order valence-corrected chi connectivity index (χ4v) is 2.64. The minimum Gasteiger partial charge on any atom is -0.454 e. The molecule has 2 N–H and O–H groups in total. The van der Waals surface area contributed by atoms with Crippen molar-refractivity contribution >= 4 is 17.5 Å². The van der Waals surface area contributed by atoms with Crippen LogP contribution in [0.1, 0.15) is 16.7 Å². The number of aryl methyl sites for hydroxylation is 2. The Hall–Kier alpha value is -3.35. The number of ether oxygens (including phenoxy) is 2. The van der Waals surface area contributed by atoms with Gasteiger partial charge in [-0.05, 0) is 54.8 Å². The molecule has 0 aliphatic carbocycles. The Morgan fingerprint density at radius 1 is 1.00 bits per heavy atom. The van der Waals surface area contributed by atoms with Crippen LogP contribution in [0.15, 0.2) is 42.6 Å². The zero-order valence-corrected chi connectivity index (χ0v) is 14.6. The van der Waals surface area contributed by atoms with Gasteiger partial charge in [0.05, 0.1) is 6.20 Å². The van der Waals surface area contributed by atoms with E-state index in [0.717, 1.165) is 22.7 Å². The minimum absolute atomic E-state index is 0.269. The first-order chi connectivity index (χ1) is 12.7. The standard InChI is InChI=1S/C19H19N5O2/c1-12-3-5-15(7-13(12)2)22-18-10-21-24-19(23-18)20-9-14-4-6-16-17(8-14)26-11-25-16/h3-8,10H,9,11H2,1-2H3,(H2,20,22,23,24). The van der Waals surface area contributed by atoms with Crippen molar-refractivity contribution in [3.8, 4) is 11.5 Å². The minimum atomic E-state index is 0.269. The van der Waals surface area contributed by atoms with Crippen molar-refractivity contribution in [2.24, 2.45) is 0 Å². The van der Waals surface area contributed by atoms with E-state index in [9.17, 15) is 0 Å². The van der Waals surface area contributed by atoms with E-state index in [1.807, 2.05) is 24.3 Å². The summed E-state index contributed by atoms with van der Waals surface area (Å²) >= 11 is 0. The van der Waals surface area contributed by atoms with Crippen LogP contribution < -0.4 is 20.1 Å². The summed E-state index contributed by atoms with van der Waals surface area (Å²) in [5, 5.41) is 14.5. The molecule has 0 amide bonds. The van der Waals surface area contributed by atoms with Crippen molar-refractivity contribution in [2.75, 3.05) is 17.4 Å². The second-order valence-electron chi connectivity index (χ2n) is 6.13. The number of fused-ring (bicyclic) bond motifs is 1. The summed E-state index contributed by atoms with van der Waals surface area (Å²) in [5.41, 5.74) is 4.49. The summed E-state index contributed by atoms with van der Waals surface area (Å²) in [4.78, 5) is 4.46. The van der Waals surface area contributed by atoms with Crippen molar-refractivity contribution in [1.29, 1.82) is 0 Å². The Bertz CT molecular complexity index is 945. The van der Waals surface area contributed by atoms with Crippen LogP contribution in [0.2, 0.25) is 0 Å². The second-order valence-corrected chi connectivity index (χ2v) is 6.13. The molecule has 7 nitrogen and oxygen atoms in total. The van der Waals surface area contributed by atoms with Crippen molar-refractivity contribution < 1.29 is 9.47 Å². The van der Waals surface area contributed by atoms with Gasteiger partial charge >= 0.3 is 0 Å². The summed E-state index contributed by atoms with van der Waals surface area (Å²) in [6.45, 7) is 5.00. The first-order valence-corrected chi connectivity index (χ1v) is 8.34. The molecular weight excluding hydrogens is 330 g/mol. The van der Waals surface area contributed by atoms with Crippen LogP contribution in [0, 0.1) is 13.8 Å². The lowest BCUT2D eigenvalue weighted by Gasteiger charge is -2.09. The average molecular weight is 349 g/mol. The van der Waals surface area contributed by atoms with Gasteiger partial charge in [-0.3, -0.25) is 0 Å². The summed E-state index contributed by atoms with van der Waals surface area (Å²) in [6, 6.07) is 12.0. The van der Waals surface area contributed by atoms with Crippen LogP contribution in [0.25, 0.3) is 0 Å². The predicted molar refractivity (Wildman–Crippen MR) is 98.9 cm³/mol. The van der Waals surface area contributed by atoms with Crippen LogP contribution in [-0.4, -0.2) is 22.0 Å². The molecule has 0 saturated heterocycles. The maximum Gasteiger partial charge on any atom is 0.244 e. The number of hydrogen-bond acceptors (Lipinski definition) is 7. The topological polar surface area (TPSA) is 81.2 Å². The Kier molecular flexibility index (Phi) is 4.27. The van der Waals surface area contributed by atoms with Gasteiger partial charge in [0.2, 0.25) is 12.7 Å². The number of rotatable bonds is 5. The molecule has 0 unspecified atom stereocenters. The lowest BCUT2D eigenvalue weighted by atomic mass is 10.1. The molecule has 7 heteroatoms. The normalized spacial score (nSPS) is 12.1. The highest BCUT2D eigenvalue weighted by atomic mass is 16.7. The SMILES string of the molecule is Cc1ccc(Nc2cnnc(NCc3ccc4c(c3)OCO4)n2)cc1C. The van der Waals surface area contributed by atoms with Crippen LogP contribution in [0.4, 0.5) is 17.5 Å². The van der Waals surface area contributed by atoms with Crippen LogP contribution >= 0.6 is 0 Å². The maximum atomic E-state index is 5.39. The van der Waals surface area contributed by atoms with Gasteiger partial charge in [-0.2, -0.15) is 10.1 Å². The number of hydrogen-bond donors (Lipinski definition) is 2. The summed E-state index contributed by atoms with van der Waals surface area (Å²) < 4.78 is 10.7. The van der Waals surface area contributed by atoms with E-state index in [2.05, 4.69) is 51.8 Å². The monoisotopic (exact) mass is 349 g/mol. The van der Waals surface area contributed by atoms with Gasteiger partial charge in [0.25, 0.3) is 0 Å². The van der Waals surface area contributed by atoms with Crippen molar-refractivity contribution in [2.45, 2.75) is 20.4 Å². The molecule has 0 bridgehead atoms. The lowest BCUT2D eigenvalue weighted by Crippen LogP contribution is -2.06. The number of benzene rings is 2. The Labute approximate surface area is 151 Å². The smallest absolute Gasteiger partial charge is 0.244 e. The van der Waals surface area contributed by atoms with Crippen molar-refractivity contribution in [3.63, 3.8) is 0 Å². The first kappa shape index (κ1) is 16.1. The molecule has 1 aromatic heterocycles. The Morgan fingerprint density at radius 3 is 2.77 bits per heavy atom. The predicted octanol–water partition coefficient (Wildman–Crippen LogP) is 3.57. The maximum absolute atomic E-state index is 5.39. The molecule has 132 valence electrons. The van der Waals surface area contributed by atoms with E-state index in [1.54, 1.807) is 6.20 Å². The van der Waals surface area contributed by atoms with Gasteiger partial charge in [0.1, 0.15) is 0 Å². The van der Waals surface area contributed by atoms with Crippen molar-refractivity contribution in [1.82, 2.24) is 15.2 Å². The molecule has 2 heterocycles. The molecule has 0 radical (unpaired) electrons. The summed E-state index contributed by atoms with van der Waals surface area (Å²) in [5.74, 6) is 2.62. The highest BCUT2D eigenvalue weighted by molar-refractivity contribution is 5.58. The average Bonchev–Trinajstić information content (AvgIpc) is 3.11. The van der Waals surface area contributed by atoms with Crippen molar-refractivity contribution in [3.05, 3.63) is 59.3 Å². The van der Waals surface area contributed by atoms with Crippen LogP contribution in [0.5, 0.6) is 11.5 Å². The molecule has 1 aliphatic rings. The zero-order valence-electron chi connectivity index (χ0n) is 14.6.